The molecular weight excluding hydrogens is 344 g/mol. The number of benzene rings is 2. The number of hydrogen-bond acceptors (Lipinski definition) is 3. The van der Waals surface area contributed by atoms with Crippen LogP contribution in [0.2, 0.25) is 5.02 Å². The Morgan fingerprint density at radius 1 is 0.958 bits per heavy atom. The molecule has 0 bridgehead atoms. The van der Waals surface area contributed by atoms with Gasteiger partial charge in [-0.25, -0.2) is 0 Å². The molecule has 0 aromatic heterocycles. The highest BCUT2D eigenvalue weighted by molar-refractivity contribution is 7.80. The van der Waals surface area contributed by atoms with Gasteiger partial charge >= 0.3 is 0 Å². The van der Waals surface area contributed by atoms with Crippen LogP contribution in [0.5, 0.6) is 0 Å². The number of amides is 2. The smallest absolute Gasteiger partial charge is 0.263 e. The Bertz CT molecular complexity index is 838. The van der Waals surface area contributed by atoms with Gasteiger partial charge in [0.1, 0.15) is 5.57 Å². The Balaban J connectivity index is 1.79. The van der Waals surface area contributed by atoms with E-state index < -0.39 is 11.8 Å². The van der Waals surface area contributed by atoms with Gasteiger partial charge in [0.25, 0.3) is 11.8 Å². The number of thiocarbonyl (C=S) groups is 1. The molecule has 0 saturated carbocycles. The van der Waals surface area contributed by atoms with E-state index in [1.807, 2.05) is 48.5 Å². The van der Waals surface area contributed by atoms with Crippen LogP contribution in [-0.4, -0.2) is 16.9 Å². The van der Waals surface area contributed by atoms with Crippen molar-refractivity contribution in [3.63, 3.8) is 0 Å². The van der Waals surface area contributed by atoms with Crippen LogP contribution in [0.1, 0.15) is 16.7 Å². The SMILES string of the molecule is O=C1NC(=S)NC(=O)C1=Cc1ccc(Cc2ccccc2Cl)cc1. The average Bonchev–Trinajstić information content (AvgIpc) is 2.54. The Hall–Kier alpha value is -2.50. The second-order valence-electron chi connectivity index (χ2n) is 5.31. The molecule has 2 aromatic rings. The third-order valence-electron chi connectivity index (χ3n) is 3.59. The minimum absolute atomic E-state index is 0.0252. The number of rotatable bonds is 3. The average molecular weight is 357 g/mol. The summed E-state index contributed by atoms with van der Waals surface area (Å²) in [5.74, 6) is -0.993. The molecule has 3 rings (SSSR count). The Kier molecular flexibility index (Phi) is 4.74. The fraction of sp³-hybridized carbons (Fsp3) is 0.0556. The van der Waals surface area contributed by atoms with Gasteiger partial charge in [-0.2, -0.15) is 0 Å². The van der Waals surface area contributed by atoms with E-state index in [0.29, 0.717) is 6.42 Å². The fourth-order valence-electron chi connectivity index (χ4n) is 2.37. The van der Waals surface area contributed by atoms with Crippen molar-refractivity contribution in [2.75, 3.05) is 0 Å². The van der Waals surface area contributed by atoms with E-state index in [1.165, 1.54) is 6.08 Å². The Morgan fingerprint density at radius 2 is 1.58 bits per heavy atom. The van der Waals surface area contributed by atoms with Gasteiger partial charge in [-0.15, -0.1) is 0 Å². The summed E-state index contributed by atoms with van der Waals surface area (Å²) >= 11 is 10.9. The predicted molar refractivity (Wildman–Crippen MR) is 97.6 cm³/mol. The molecule has 24 heavy (non-hydrogen) atoms. The Labute approximate surface area is 149 Å². The zero-order valence-electron chi connectivity index (χ0n) is 12.5. The number of nitrogens with one attached hydrogen (secondary N) is 2. The Morgan fingerprint density at radius 3 is 2.21 bits per heavy atom. The normalized spacial score (nSPS) is 14.2. The molecule has 0 radical (unpaired) electrons. The van der Waals surface area contributed by atoms with E-state index in [9.17, 15) is 9.59 Å². The summed E-state index contributed by atoms with van der Waals surface area (Å²) in [5, 5.41) is 5.57. The van der Waals surface area contributed by atoms with Gasteiger partial charge in [-0.3, -0.25) is 20.2 Å². The zero-order valence-corrected chi connectivity index (χ0v) is 14.1. The lowest BCUT2D eigenvalue weighted by atomic mass is 10.0. The summed E-state index contributed by atoms with van der Waals surface area (Å²) in [5.41, 5.74) is 2.92. The molecule has 0 spiro atoms. The highest BCUT2D eigenvalue weighted by Gasteiger charge is 2.25. The molecule has 120 valence electrons. The second kappa shape index (κ2) is 6.95. The standard InChI is InChI=1S/C18H13ClN2O2S/c19-15-4-2-1-3-13(15)9-11-5-7-12(8-6-11)10-14-16(22)20-18(24)21-17(14)23/h1-8,10H,9H2,(H2,20,21,22,23,24). The minimum atomic E-state index is -0.496. The van der Waals surface area contributed by atoms with Crippen LogP contribution >= 0.6 is 23.8 Å². The maximum Gasteiger partial charge on any atom is 0.263 e. The van der Waals surface area contributed by atoms with Crippen molar-refractivity contribution >= 4 is 46.8 Å². The minimum Gasteiger partial charge on any atom is -0.299 e. The monoisotopic (exact) mass is 356 g/mol. The molecule has 1 fully saturated rings. The van der Waals surface area contributed by atoms with Gasteiger partial charge in [0.2, 0.25) is 0 Å². The van der Waals surface area contributed by atoms with Crippen LogP contribution in [0.25, 0.3) is 6.08 Å². The molecule has 1 saturated heterocycles. The van der Waals surface area contributed by atoms with Crippen LogP contribution in [-0.2, 0) is 16.0 Å². The van der Waals surface area contributed by atoms with Gasteiger partial charge in [0.05, 0.1) is 0 Å². The second-order valence-corrected chi connectivity index (χ2v) is 6.12. The summed E-state index contributed by atoms with van der Waals surface area (Å²) in [6, 6.07) is 15.3. The first-order valence-electron chi connectivity index (χ1n) is 7.23. The molecule has 0 atom stereocenters. The maximum absolute atomic E-state index is 11.8. The first-order chi connectivity index (χ1) is 11.5. The fourth-order valence-corrected chi connectivity index (χ4v) is 2.75. The van der Waals surface area contributed by atoms with Gasteiger partial charge in [0, 0.05) is 5.02 Å². The molecule has 0 aliphatic carbocycles. The molecule has 1 aliphatic rings. The van der Waals surface area contributed by atoms with Crippen molar-refractivity contribution in [3.05, 3.63) is 75.8 Å². The van der Waals surface area contributed by atoms with Crippen LogP contribution in [0, 0.1) is 0 Å². The van der Waals surface area contributed by atoms with Gasteiger partial charge in [-0.1, -0.05) is 54.1 Å². The molecule has 2 N–H and O–H groups in total. The number of carbonyl (C=O) groups excluding carboxylic acids is 2. The number of hydrogen-bond donors (Lipinski definition) is 2. The van der Waals surface area contributed by atoms with E-state index in [4.69, 9.17) is 23.8 Å². The van der Waals surface area contributed by atoms with Crippen LogP contribution in [0.4, 0.5) is 0 Å². The number of carbonyl (C=O) groups is 2. The van der Waals surface area contributed by atoms with E-state index >= 15 is 0 Å². The van der Waals surface area contributed by atoms with E-state index in [-0.39, 0.29) is 10.7 Å². The quantitative estimate of drug-likeness (QED) is 0.505. The predicted octanol–water partition coefficient (Wildman–Crippen LogP) is 2.85. The van der Waals surface area contributed by atoms with Crippen molar-refractivity contribution < 1.29 is 9.59 Å². The molecule has 6 heteroatoms. The summed E-state index contributed by atoms with van der Waals surface area (Å²) in [6.07, 6.45) is 2.25. The molecule has 2 aromatic carbocycles. The van der Waals surface area contributed by atoms with Crippen LogP contribution in [0.15, 0.2) is 54.1 Å². The summed E-state index contributed by atoms with van der Waals surface area (Å²) < 4.78 is 0. The third kappa shape index (κ3) is 3.69. The topological polar surface area (TPSA) is 58.2 Å². The summed E-state index contributed by atoms with van der Waals surface area (Å²) in [4.78, 5) is 23.6. The molecule has 2 amide bonds. The van der Waals surface area contributed by atoms with Crippen molar-refractivity contribution in [3.8, 4) is 0 Å². The van der Waals surface area contributed by atoms with Gasteiger partial charge in [-0.05, 0) is 47.5 Å². The van der Waals surface area contributed by atoms with Gasteiger partial charge < -0.3 is 0 Å². The first kappa shape index (κ1) is 16.4. The first-order valence-corrected chi connectivity index (χ1v) is 8.02. The molecule has 1 heterocycles. The summed E-state index contributed by atoms with van der Waals surface area (Å²) in [6.45, 7) is 0. The van der Waals surface area contributed by atoms with Crippen LogP contribution < -0.4 is 10.6 Å². The van der Waals surface area contributed by atoms with Crippen molar-refractivity contribution in [1.82, 2.24) is 10.6 Å². The van der Waals surface area contributed by atoms with Crippen molar-refractivity contribution in [2.24, 2.45) is 0 Å². The molecule has 4 nitrogen and oxygen atoms in total. The zero-order chi connectivity index (χ0) is 17.1. The number of halogens is 1. The summed E-state index contributed by atoms with van der Waals surface area (Å²) in [7, 11) is 0. The highest BCUT2D eigenvalue weighted by Crippen LogP contribution is 2.19. The molecule has 0 unspecified atom stereocenters. The van der Waals surface area contributed by atoms with Crippen molar-refractivity contribution in [2.45, 2.75) is 6.42 Å². The molecule has 1 aliphatic heterocycles. The van der Waals surface area contributed by atoms with Crippen molar-refractivity contribution in [1.29, 1.82) is 0 Å². The van der Waals surface area contributed by atoms with E-state index in [2.05, 4.69) is 10.6 Å². The highest BCUT2D eigenvalue weighted by atomic mass is 35.5. The van der Waals surface area contributed by atoms with E-state index in [1.54, 1.807) is 0 Å². The van der Waals surface area contributed by atoms with E-state index in [0.717, 1.165) is 21.7 Å². The van der Waals surface area contributed by atoms with Gasteiger partial charge in [0.15, 0.2) is 5.11 Å². The molecular formula is C18H13ClN2O2S. The lowest BCUT2D eigenvalue weighted by Crippen LogP contribution is -2.51. The van der Waals surface area contributed by atoms with Crippen LogP contribution in [0.3, 0.4) is 0 Å². The lowest BCUT2D eigenvalue weighted by molar-refractivity contribution is -0.123. The third-order valence-corrected chi connectivity index (χ3v) is 4.16. The largest absolute Gasteiger partial charge is 0.299 e. The maximum atomic E-state index is 11.8. The lowest BCUT2D eigenvalue weighted by Gasteiger charge is -2.16.